The van der Waals surface area contributed by atoms with Crippen molar-refractivity contribution < 1.29 is 9.32 Å². The van der Waals surface area contributed by atoms with Crippen LogP contribution in [0.15, 0.2) is 28.8 Å². The van der Waals surface area contributed by atoms with Crippen LogP contribution < -0.4 is 0 Å². The molecule has 1 saturated heterocycles. The van der Waals surface area contributed by atoms with Crippen molar-refractivity contribution in [2.24, 2.45) is 0 Å². The number of likely N-dealkylation sites (N-methyl/N-ethyl adjacent to an activating group) is 1. The van der Waals surface area contributed by atoms with Crippen LogP contribution in [-0.4, -0.2) is 59.1 Å². The number of aromatic nitrogens is 2. The van der Waals surface area contributed by atoms with E-state index in [1.807, 2.05) is 36.1 Å². The smallest absolute Gasteiger partial charge is 0.227 e. The molecule has 0 aliphatic carbocycles. The molecule has 6 heteroatoms. The average molecular weight is 314 g/mol. The second-order valence-corrected chi connectivity index (χ2v) is 6.07. The fourth-order valence-corrected chi connectivity index (χ4v) is 2.69. The number of benzene rings is 1. The Hall–Kier alpha value is -2.21. The molecule has 1 amide bonds. The highest BCUT2D eigenvalue weighted by atomic mass is 16.5. The standard InChI is InChI=1S/C17H22N4O2/c1-13-4-3-5-14(12-13)17-18-15(23-19-17)6-7-16(22)21-10-8-20(2)9-11-21/h3-5,12H,6-11H2,1-2H3. The monoisotopic (exact) mass is 314 g/mol. The third-order valence-electron chi connectivity index (χ3n) is 4.15. The molecule has 2 heterocycles. The summed E-state index contributed by atoms with van der Waals surface area (Å²) in [6.07, 6.45) is 0.906. The highest BCUT2D eigenvalue weighted by Gasteiger charge is 2.19. The molecule has 0 bridgehead atoms. The van der Waals surface area contributed by atoms with E-state index >= 15 is 0 Å². The molecular weight excluding hydrogens is 292 g/mol. The Balaban J connectivity index is 1.56. The average Bonchev–Trinajstić information content (AvgIpc) is 3.02. The van der Waals surface area contributed by atoms with Gasteiger partial charge in [0.2, 0.25) is 17.6 Å². The highest BCUT2D eigenvalue weighted by molar-refractivity contribution is 5.76. The fourth-order valence-electron chi connectivity index (χ4n) is 2.69. The first-order valence-corrected chi connectivity index (χ1v) is 7.98. The Bertz CT molecular complexity index is 675. The van der Waals surface area contributed by atoms with Gasteiger partial charge in [0.15, 0.2) is 0 Å². The summed E-state index contributed by atoms with van der Waals surface area (Å²) in [4.78, 5) is 20.8. The summed E-state index contributed by atoms with van der Waals surface area (Å²) in [7, 11) is 2.08. The SMILES string of the molecule is Cc1cccc(-c2noc(CCC(=O)N3CCN(C)CC3)n2)c1. The van der Waals surface area contributed by atoms with Crippen molar-refractivity contribution in [3.8, 4) is 11.4 Å². The van der Waals surface area contributed by atoms with Gasteiger partial charge in [-0.1, -0.05) is 28.9 Å². The van der Waals surface area contributed by atoms with Crippen molar-refractivity contribution in [2.75, 3.05) is 33.2 Å². The molecule has 1 fully saturated rings. The third-order valence-corrected chi connectivity index (χ3v) is 4.15. The molecule has 1 aliphatic rings. The van der Waals surface area contributed by atoms with Crippen molar-refractivity contribution in [3.63, 3.8) is 0 Å². The van der Waals surface area contributed by atoms with Crippen molar-refractivity contribution in [1.82, 2.24) is 19.9 Å². The van der Waals surface area contributed by atoms with E-state index in [1.54, 1.807) is 0 Å². The fraction of sp³-hybridized carbons (Fsp3) is 0.471. The van der Waals surface area contributed by atoms with Gasteiger partial charge in [-0.2, -0.15) is 4.98 Å². The minimum Gasteiger partial charge on any atom is -0.340 e. The van der Waals surface area contributed by atoms with E-state index in [4.69, 9.17) is 4.52 Å². The number of aryl methyl sites for hydroxylation is 2. The van der Waals surface area contributed by atoms with E-state index in [9.17, 15) is 4.79 Å². The molecule has 0 atom stereocenters. The summed E-state index contributed by atoms with van der Waals surface area (Å²) >= 11 is 0. The van der Waals surface area contributed by atoms with Crippen molar-refractivity contribution in [3.05, 3.63) is 35.7 Å². The number of hydrogen-bond donors (Lipinski definition) is 0. The maximum Gasteiger partial charge on any atom is 0.227 e. The summed E-state index contributed by atoms with van der Waals surface area (Å²) in [5.41, 5.74) is 2.09. The molecule has 122 valence electrons. The van der Waals surface area contributed by atoms with Gasteiger partial charge in [-0.05, 0) is 20.0 Å². The number of nitrogens with zero attached hydrogens (tertiary/aromatic N) is 4. The minimum atomic E-state index is 0.161. The minimum absolute atomic E-state index is 0.161. The van der Waals surface area contributed by atoms with Gasteiger partial charge in [-0.15, -0.1) is 0 Å². The van der Waals surface area contributed by atoms with Gasteiger partial charge in [0.25, 0.3) is 0 Å². The van der Waals surface area contributed by atoms with Gasteiger partial charge >= 0.3 is 0 Å². The Kier molecular flexibility index (Phi) is 4.71. The first kappa shape index (κ1) is 15.7. The van der Waals surface area contributed by atoms with Gasteiger partial charge in [0.05, 0.1) is 0 Å². The van der Waals surface area contributed by atoms with E-state index < -0.39 is 0 Å². The molecule has 2 aromatic rings. The van der Waals surface area contributed by atoms with Gasteiger partial charge in [-0.3, -0.25) is 4.79 Å². The van der Waals surface area contributed by atoms with E-state index in [-0.39, 0.29) is 5.91 Å². The van der Waals surface area contributed by atoms with Crippen LogP contribution >= 0.6 is 0 Å². The molecule has 23 heavy (non-hydrogen) atoms. The molecule has 1 aliphatic heterocycles. The number of amides is 1. The predicted octanol–water partition coefficient (Wildman–Crippen LogP) is 1.75. The van der Waals surface area contributed by atoms with Crippen LogP contribution in [0.1, 0.15) is 17.9 Å². The number of piperazine rings is 1. The molecular formula is C17H22N4O2. The zero-order chi connectivity index (χ0) is 16.2. The maximum absolute atomic E-state index is 12.2. The van der Waals surface area contributed by atoms with Gasteiger partial charge in [-0.25, -0.2) is 0 Å². The van der Waals surface area contributed by atoms with E-state index in [1.165, 1.54) is 0 Å². The molecule has 1 aromatic carbocycles. The molecule has 0 saturated carbocycles. The third kappa shape index (κ3) is 3.96. The largest absolute Gasteiger partial charge is 0.340 e. The Morgan fingerprint density at radius 3 is 2.78 bits per heavy atom. The molecule has 0 radical (unpaired) electrons. The molecule has 0 spiro atoms. The number of hydrogen-bond acceptors (Lipinski definition) is 5. The van der Waals surface area contributed by atoms with E-state index in [2.05, 4.69) is 22.1 Å². The number of carbonyl (C=O) groups is 1. The van der Waals surface area contributed by atoms with Gasteiger partial charge in [0, 0.05) is 44.6 Å². The Morgan fingerprint density at radius 1 is 1.26 bits per heavy atom. The summed E-state index contributed by atoms with van der Waals surface area (Å²) < 4.78 is 5.27. The Morgan fingerprint density at radius 2 is 2.04 bits per heavy atom. The summed E-state index contributed by atoms with van der Waals surface area (Å²) in [6, 6.07) is 7.97. The first-order valence-electron chi connectivity index (χ1n) is 7.98. The van der Waals surface area contributed by atoms with E-state index in [0.29, 0.717) is 24.6 Å². The maximum atomic E-state index is 12.2. The van der Waals surface area contributed by atoms with Crippen LogP contribution in [0.5, 0.6) is 0 Å². The molecule has 0 N–H and O–H groups in total. The van der Waals surface area contributed by atoms with Crippen molar-refractivity contribution in [1.29, 1.82) is 0 Å². The highest BCUT2D eigenvalue weighted by Crippen LogP contribution is 2.17. The molecule has 3 rings (SSSR count). The van der Waals surface area contributed by atoms with Crippen LogP contribution in [0.25, 0.3) is 11.4 Å². The predicted molar refractivity (Wildman–Crippen MR) is 86.9 cm³/mol. The van der Waals surface area contributed by atoms with E-state index in [0.717, 1.165) is 37.3 Å². The first-order chi connectivity index (χ1) is 11.1. The normalized spacial score (nSPS) is 15.8. The zero-order valence-corrected chi connectivity index (χ0v) is 13.7. The van der Waals surface area contributed by atoms with Crippen molar-refractivity contribution in [2.45, 2.75) is 19.8 Å². The number of rotatable bonds is 4. The van der Waals surface area contributed by atoms with Crippen LogP contribution in [0.3, 0.4) is 0 Å². The topological polar surface area (TPSA) is 62.5 Å². The summed E-state index contributed by atoms with van der Waals surface area (Å²) in [5, 5.41) is 4.01. The molecule has 6 nitrogen and oxygen atoms in total. The van der Waals surface area contributed by atoms with Gasteiger partial charge in [0.1, 0.15) is 0 Å². The summed E-state index contributed by atoms with van der Waals surface area (Å²) in [6.45, 7) is 5.49. The lowest BCUT2D eigenvalue weighted by molar-refractivity contribution is -0.132. The lowest BCUT2D eigenvalue weighted by atomic mass is 10.1. The van der Waals surface area contributed by atoms with Crippen LogP contribution in [-0.2, 0) is 11.2 Å². The molecule has 1 aromatic heterocycles. The molecule has 0 unspecified atom stereocenters. The van der Waals surface area contributed by atoms with Gasteiger partial charge < -0.3 is 14.3 Å². The van der Waals surface area contributed by atoms with Crippen LogP contribution in [0.2, 0.25) is 0 Å². The quantitative estimate of drug-likeness (QED) is 0.860. The number of carbonyl (C=O) groups excluding carboxylic acids is 1. The summed E-state index contributed by atoms with van der Waals surface area (Å²) in [5.74, 6) is 1.26. The lowest BCUT2D eigenvalue weighted by Crippen LogP contribution is -2.47. The second-order valence-electron chi connectivity index (χ2n) is 6.07. The van der Waals surface area contributed by atoms with Crippen LogP contribution in [0, 0.1) is 6.92 Å². The second kappa shape index (κ2) is 6.91. The van der Waals surface area contributed by atoms with Crippen molar-refractivity contribution >= 4 is 5.91 Å². The Labute approximate surface area is 136 Å². The zero-order valence-electron chi connectivity index (χ0n) is 13.7. The van der Waals surface area contributed by atoms with Crippen LogP contribution in [0.4, 0.5) is 0 Å². The lowest BCUT2D eigenvalue weighted by Gasteiger charge is -2.32.